The molecule has 0 saturated carbocycles. The Kier molecular flexibility index (Phi) is 4.58. The molecule has 0 unspecified atom stereocenters. The summed E-state index contributed by atoms with van der Waals surface area (Å²) < 4.78 is 11.7. The minimum atomic E-state index is 0.323. The molecule has 0 spiro atoms. The number of likely N-dealkylation sites (N-methyl/N-ethyl adjacent to an activating group) is 1. The van der Waals surface area contributed by atoms with Gasteiger partial charge in [0, 0.05) is 12.6 Å². The lowest BCUT2D eigenvalue weighted by molar-refractivity contribution is -0.0889. The quantitative estimate of drug-likeness (QED) is 0.694. The molecular formula is C12H24N2O2. The number of fused-ring (bicyclic) bond motifs is 1. The van der Waals surface area contributed by atoms with Gasteiger partial charge in [-0.1, -0.05) is 0 Å². The molecule has 1 N–H and O–H groups in total. The third kappa shape index (κ3) is 3.42. The molecule has 0 aliphatic carbocycles. The highest BCUT2D eigenvalue weighted by Crippen LogP contribution is 2.25. The highest BCUT2D eigenvalue weighted by Gasteiger charge is 2.34. The zero-order valence-corrected chi connectivity index (χ0v) is 10.4. The largest absolute Gasteiger partial charge is 0.377 e. The van der Waals surface area contributed by atoms with Gasteiger partial charge in [-0.25, -0.2) is 0 Å². The second kappa shape index (κ2) is 5.96. The van der Waals surface area contributed by atoms with Crippen LogP contribution in [0.5, 0.6) is 0 Å². The summed E-state index contributed by atoms with van der Waals surface area (Å²) in [4.78, 5) is 2.14. The maximum absolute atomic E-state index is 6.02. The Balaban J connectivity index is 1.60. The molecule has 2 aliphatic heterocycles. The monoisotopic (exact) mass is 228 g/mol. The summed E-state index contributed by atoms with van der Waals surface area (Å²) in [5.74, 6) is 0. The van der Waals surface area contributed by atoms with Crippen LogP contribution in [0.15, 0.2) is 0 Å². The number of hydrogen-bond acceptors (Lipinski definition) is 4. The van der Waals surface area contributed by atoms with E-state index in [4.69, 9.17) is 9.47 Å². The Bertz CT molecular complexity index is 211. The van der Waals surface area contributed by atoms with Crippen molar-refractivity contribution in [2.45, 2.75) is 37.5 Å². The summed E-state index contributed by atoms with van der Waals surface area (Å²) in [7, 11) is 4.13. The van der Waals surface area contributed by atoms with Gasteiger partial charge in [-0.2, -0.15) is 0 Å². The smallest absolute Gasteiger partial charge is 0.0813 e. The molecule has 0 aromatic heterocycles. The van der Waals surface area contributed by atoms with Crippen LogP contribution in [0.3, 0.4) is 0 Å². The van der Waals surface area contributed by atoms with Gasteiger partial charge < -0.3 is 19.7 Å². The first-order valence-electron chi connectivity index (χ1n) is 6.37. The van der Waals surface area contributed by atoms with Gasteiger partial charge in [0.2, 0.25) is 0 Å². The number of ether oxygens (including phenoxy) is 2. The van der Waals surface area contributed by atoms with Crippen molar-refractivity contribution in [1.29, 1.82) is 0 Å². The van der Waals surface area contributed by atoms with Crippen molar-refractivity contribution in [1.82, 2.24) is 10.2 Å². The lowest BCUT2D eigenvalue weighted by atomic mass is 10.0. The summed E-state index contributed by atoms with van der Waals surface area (Å²) >= 11 is 0. The molecule has 94 valence electrons. The van der Waals surface area contributed by atoms with Gasteiger partial charge >= 0.3 is 0 Å². The maximum atomic E-state index is 6.02. The molecule has 4 heteroatoms. The predicted octanol–water partition coefficient (Wildman–Crippen LogP) is 0.474. The van der Waals surface area contributed by atoms with E-state index in [0.29, 0.717) is 18.2 Å². The van der Waals surface area contributed by atoms with Crippen molar-refractivity contribution >= 4 is 0 Å². The average molecular weight is 228 g/mol. The molecule has 2 aliphatic rings. The van der Waals surface area contributed by atoms with Crippen LogP contribution < -0.4 is 5.32 Å². The SMILES string of the molecule is CN(C)CCOC[C@@H]1CC[C@H]2NCC[C@H]2O1. The van der Waals surface area contributed by atoms with Crippen molar-refractivity contribution in [3.05, 3.63) is 0 Å². The molecule has 16 heavy (non-hydrogen) atoms. The molecule has 2 saturated heterocycles. The molecule has 3 atom stereocenters. The maximum Gasteiger partial charge on any atom is 0.0813 e. The zero-order chi connectivity index (χ0) is 11.4. The minimum absolute atomic E-state index is 0.323. The van der Waals surface area contributed by atoms with E-state index in [0.717, 1.165) is 32.7 Å². The van der Waals surface area contributed by atoms with Crippen LogP contribution in [0.4, 0.5) is 0 Å². The van der Waals surface area contributed by atoms with Crippen LogP contribution in [0.25, 0.3) is 0 Å². The summed E-state index contributed by atoms with van der Waals surface area (Å²) in [5.41, 5.74) is 0. The predicted molar refractivity (Wildman–Crippen MR) is 63.7 cm³/mol. The van der Waals surface area contributed by atoms with Crippen molar-refractivity contribution < 1.29 is 9.47 Å². The summed E-state index contributed by atoms with van der Waals surface area (Å²) in [6.45, 7) is 3.67. The lowest BCUT2D eigenvalue weighted by Crippen LogP contribution is -2.42. The molecule has 0 bridgehead atoms. The van der Waals surface area contributed by atoms with Crippen LogP contribution in [-0.4, -0.2) is 63.5 Å². The molecule has 0 amide bonds. The van der Waals surface area contributed by atoms with E-state index in [2.05, 4.69) is 24.3 Å². The van der Waals surface area contributed by atoms with Crippen molar-refractivity contribution in [3.63, 3.8) is 0 Å². The van der Waals surface area contributed by atoms with E-state index in [9.17, 15) is 0 Å². The van der Waals surface area contributed by atoms with Crippen LogP contribution in [0, 0.1) is 0 Å². The topological polar surface area (TPSA) is 33.7 Å². The van der Waals surface area contributed by atoms with E-state index in [1.807, 2.05) is 0 Å². The summed E-state index contributed by atoms with van der Waals surface area (Å²) in [6, 6.07) is 0.609. The fourth-order valence-electron chi connectivity index (χ4n) is 2.46. The van der Waals surface area contributed by atoms with Crippen molar-refractivity contribution in [3.8, 4) is 0 Å². The average Bonchev–Trinajstić information content (AvgIpc) is 2.71. The number of hydrogen-bond donors (Lipinski definition) is 1. The Morgan fingerprint density at radius 3 is 3.00 bits per heavy atom. The molecule has 0 radical (unpaired) electrons. The number of rotatable bonds is 5. The Morgan fingerprint density at radius 1 is 1.31 bits per heavy atom. The van der Waals surface area contributed by atoms with E-state index < -0.39 is 0 Å². The van der Waals surface area contributed by atoms with E-state index in [-0.39, 0.29) is 0 Å². The molecule has 2 fully saturated rings. The van der Waals surface area contributed by atoms with Gasteiger partial charge in [-0.05, 0) is 39.9 Å². The van der Waals surface area contributed by atoms with Crippen LogP contribution >= 0.6 is 0 Å². The van der Waals surface area contributed by atoms with Gasteiger partial charge in [-0.15, -0.1) is 0 Å². The lowest BCUT2D eigenvalue weighted by Gasteiger charge is -2.32. The molecule has 2 rings (SSSR count). The Hall–Kier alpha value is -0.160. The zero-order valence-electron chi connectivity index (χ0n) is 10.4. The van der Waals surface area contributed by atoms with Gasteiger partial charge in [0.25, 0.3) is 0 Å². The third-order valence-electron chi connectivity index (χ3n) is 3.44. The van der Waals surface area contributed by atoms with Gasteiger partial charge in [0.15, 0.2) is 0 Å². The first kappa shape index (κ1) is 12.3. The first-order chi connectivity index (χ1) is 7.75. The third-order valence-corrected chi connectivity index (χ3v) is 3.44. The van der Waals surface area contributed by atoms with E-state index in [1.165, 1.54) is 12.8 Å². The standard InChI is InChI=1S/C12H24N2O2/c1-14(2)7-8-15-9-10-3-4-11-12(16-10)5-6-13-11/h10-13H,3-9H2,1-2H3/t10-,11+,12+/m0/s1. The van der Waals surface area contributed by atoms with Crippen molar-refractivity contribution in [2.75, 3.05) is 40.4 Å². The van der Waals surface area contributed by atoms with Gasteiger partial charge in [0.1, 0.15) is 0 Å². The second-order valence-corrected chi connectivity index (χ2v) is 5.10. The number of nitrogens with zero attached hydrogens (tertiary/aromatic N) is 1. The molecule has 0 aromatic carbocycles. The first-order valence-corrected chi connectivity index (χ1v) is 6.37. The fourth-order valence-corrected chi connectivity index (χ4v) is 2.46. The van der Waals surface area contributed by atoms with E-state index in [1.54, 1.807) is 0 Å². The molecule has 4 nitrogen and oxygen atoms in total. The molecular weight excluding hydrogens is 204 g/mol. The second-order valence-electron chi connectivity index (χ2n) is 5.10. The van der Waals surface area contributed by atoms with Gasteiger partial charge in [-0.3, -0.25) is 0 Å². The van der Waals surface area contributed by atoms with Crippen LogP contribution in [0.2, 0.25) is 0 Å². The Morgan fingerprint density at radius 2 is 2.19 bits per heavy atom. The van der Waals surface area contributed by atoms with Crippen molar-refractivity contribution in [2.24, 2.45) is 0 Å². The normalized spacial score (nSPS) is 34.3. The Labute approximate surface area is 98.3 Å². The van der Waals surface area contributed by atoms with E-state index >= 15 is 0 Å². The van der Waals surface area contributed by atoms with Crippen LogP contribution in [-0.2, 0) is 9.47 Å². The fraction of sp³-hybridized carbons (Fsp3) is 1.00. The summed E-state index contributed by atoms with van der Waals surface area (Å²) in [5, 5.41) is 3.49. The van der Waals surface area contributed by atoms with Crippen LogP contribution in [0.1, 0.15) is 19.3 Å². The molecule has 2 heterocycles. The highest BCUT2D eigenvalue weighted by molar-refractivity contribution is 4.89. The highest BCUT2D eigenvalue weighted by atomic mass is 16.5. The molecule has 0 aromatic rings. The number of nitrogens with one attached hydrogen (secondary N) is 1. The van der Waals surface area contributed by atoms with Gasteiger partial charge in [0.05, 0.1) is 25.4 Å². The minimum Gasteiger partial charge on any atom is -0.377 e. The summed E-state index contributed by atoms with van der Waals surface area (Å²) in [6.07, 6.45) is 4.31.